The molecule has 2 aromatic rings. The average Bonchev–Trinajstić information content (AvgIpc) is 2.92. The molecule has 0 bridgehead atoms. The van der Waals surface area contributed by atoms with Gasteiger partial charge < -0.3 is 5.32 Å². The van der Waals surface area contributed by atoms with Crippen molar-refractivity contribution in [3.05, 3.63) is 70.8 Å². The number of alkyl halides is 6. The first-order valence-corrected chi connectivity index (χ1v) is 13.8. The fourth-order valence-corrected chi connectivity index (χ4v) is 6.05. The van der Waals surface area contributed by atoms with Gasteiger partial charge in [0.1, 0.15) is 0 Å². The van der Waals surface area contributed by atoms with Crippen LogP contribution in [0, 0.1) is 0 Å². The smallest absolute Gasteiger partial charge is 0.346 e. The summed E-state index contributed by atoms with van der Waals surface area (Å²) >= 11 is 0. The van der Waals surface area contributed by atoms with Gasteiger partial charge in [-0.05, 0) is 75.8 Å². The van der Waals surface area contributed by atoms with Crippen molar-refractivity contribution in [1.29, 1.82) is 0 Å². The van der Waals surface area contributed by atoms with Gasteiger partial charge >= 0.3 is 12.4 Å². The molecule has 4 nitrogen and oxygen atoms in total. The van der Waals surface area contributed by atoms with Crippen molar-refractivity contribution in [2.45, 2.75) is 82.3 Å². The number of piperazine rings is 1. The number of rotatable bonds is 6. The number of hydrogen-bond acceptors (Lipinski definition) is 3. The number of amides is 1. The molecule has 0 radical (unpaired) electrons. The van der Waals surface area contributed by atoms with E-state index < -0.39 is 40.8 Å². The van der Waals surface area contributed by atoms with Crippen LogP contribution < -0.4 is 5.32 Å². The molecule has 1 aliphatic carbocycles. The lowest BCUT2D eigenvalue weighted by Crippen LogP contribution is -2.56. The Balaban J connectivity index is 1.54. The van der Waals surface area contributed by atoms with Gasteiger partial charge in [0.15, 0.2) is 0 Å². The van der Waals surface area contributed by atoms with Gasteiger partial charge in [-0.25, -0.2) is 0 Å². The van der Waals surface area contributed by atoms with E-state index in [9.17, 15) is 31.1 Å². The van der Waals surface area contributed by atoms with E-state index >= 15 is 0 Å². The second kappa shape index (κ2) is 11.7. The summed E-state index contributed by atoms with van der Waals surface area (Å²) in [5.41, 5.74) is -3.03. The molecule has 2 aliphatic rings. The third-order valence-corrected chi connectivity index (χ3v) is 8.60. The molecule has 0 unspecified atom stereocenters. The fraction of sp³-hybridized carbons (Fsp3) is 0.567. The van der Waals surface area contributed by atoms with Crippen molar-refractivity contribution in [2.75, 3.05) is 26.2 Å². The molecule has 1 amide bonds. The van der Waals surface area contributed by atoms with Crippen molar-refractivity contribution in [2.24, 2.45) is 0 Å². The minimum absolute atomic E-state index is 0.0852. The highest BCUT2D eigenvalue weighted by molar-refractivity contribution is 5.84. The Morgan fingerprint density at radius 2 is 1.38 bits per heavy atom. The number of carbonyl (C=O) groups excluding carboxylic acids is 1. The van der Waals surface area contributed by atoms with Crippen LogP contribution in [0.5, 0.6) is 0 Å². The zero-order chi connectivity index (χ0) is 29.3. The largest absolute Gasteiger partial charge is 0.416 e. The van der Waals surface area contributed by atoms with Gasteiger partial charge in [0.2, 0.25) is 5.91 Å². The molecule has 1 N–H and O–H groups in total. The molecule has 2 aromatic carbocycles. The van der Waals surface area contributed by atoms with E-state index in [4.69, 9.17) is 0 Å². The second-order valence-corrected chi connectivity index (χ2v) is 11.4. The van der Waals surface area contributed by atoms with Crippen molar-refractivity contribution >= 4 is 5.91 Å². The average molecular weight is 570 g/mol. The zero-order valence-electron chi connectivity index (χ0n) is 23.1. The van der Waals surface area contributed by atoms with Crippen molar-refractivity contribution in [1.82, 2.24) is 15.1 Å². The molecular weight excluding hydrogens is 532 g/mol. The normalized spacial score (nSPS) is 24.2. The Kier molecular flexibility index (Phi) is 8.90. The Morgan fingerprint density at radius 1 is 0.850 bits per heavy atom. The molecule has 40 heavy (non-hydrogen) atoms. The molecule has 1 atom stereocenters. The SMILES string of the molecule is CC(C)N1CCN(C2CCC(NC(=O)[C@@H](C)c3cc(C(F)(F)F)cc(C(F)(F)F)c3)(c3ccccc3)CC2)CC1. The minimum Gasteiger partial charge on any atom is -0.346 e. The van der Waals surface area contributed by atoms with Crippen LogP contribution in [0.2, 0.25) is 0 Å². The first-order valence-electron chi connectivity index (χ1n) is 13.8. The molecular formula is C30H37F6N3O. The van der Waals surface area contributed by atoms with E-state index in [1.165, 1.54) is 6.92 Å². The second-order valence-electron chi connectivity index (χ2n) is 11.4. The van der Waals surface area contributed by atoms with E-state index in [1.54, 1.807) is 0 Å². The molecule has 10 heteroatoms. The number of benzene rings is 2. The standard InChI is InChI=1S/C30H37F6N3O/c1-20(2)38-13-15-39(16-14-38)26-9-11-28(12-10-26,23-7-5-4-6-8-23)37-27(40)21(3)22-17-24(29(31,32)33)19-25(18-22)30(34,35)36/h4-8,17-21,26H,9-16H2,1-3H3,(H,37,40)/t21-,26?,28?/m0/s1. The number of nitrogens with zero attached hydrogens (tertiary/aromatic N) is 2. The minimum atomic E-state index is -4.98. The van der Waals surface area contributed by atoms with Crippen molar-refractivity contribution in [3.63, 3.8) is 0 Å². The molecule has 1 heterocycles. The van der Waals surface area contributed by atoms with Gasteiger partial charge in [-0.1, -0.05) is 30.3 Å². The topological polar surface area (TPSA) is 35.6 Å². The van der Waals surface area contributed by atoms with Gasteiger partial charge in [-0.2, -0.15) is 26.3 Å². The molecule has 0 spiro atoms. The monoisotopic (exact) mass is 569 g/mol. The summed E-state index contributed by atoms with van der Waals surface area (Å²) in [4.78, 5) is 18.5. The number of hydrogen-bond donors (Lipinski definition) is 1. The van der Waals surface area contributed by atoms with Crippen molar-refractivity contribution < 1.29 is 31.1 Å². The lowest BCUT2D eigenvalue weighted by molar-refractivity contribution is -0.143. The Hall–Kier alpha value is -2.59. The summed E-state index contributed by atoms with van der Waals surface area (Å²) < 4.78 is 80.6. The summed E-state index contributed by atoms with van der Waals surface area (Å²) in [6.45, 7) is 9.69. The van der Waals surface area contributed by atoms with Crippen LogP contribution in [0.1, 0.15) is 74.6 Å². The summed E-state index contributed by atoms with van der Waals surface area (Å²) in [7, 11) is 0. The van der Waals surface area contributed by atoms with Gasteiger partial charge in [-0.3, -0.25) is 14.6 Å². The summed E-state index contributed by atoms with van der Waals surface area (Å²) in [5, 5.41) is 3.08. The van der Waals surface area contributed by atoms with Gasteiger partial charge in [0, 0.05) is 38.3 Å². The third kappa shape index (κ3) is 6.82. The number of nitrogens with one attached hydrogen (secondary N) is 1. The maximum Gasteiger partial charge on any atom is 0.416 e. The predicted molar refractivity (Wildman–Crippen MR) is 142 cm³/mol. The van der Waals surface area contributed by atoms with E-state index in [0.717, 1.165) is 44.6 Å². The van der Waals surface area contributed by atoms with Gasteiger partial charge in [0.25, 0.3) is 0 Å². The lowest BCUT2D eigenvalue weighted by atomic mass is 9.74. The van der Waals surface area contributed by atoms with Crippen LogP contribution in [-0.2, 0) is 22.7 Å². The quantitative estimate of drug-likeness (QED) is 0.389. The summed E-state index contributed by atoms with van der Waals surface area (Å²) in [5.74, 6) is -1.81. The number of halogens is 6. The highest BCUT2D eigenvalue weighted by Crippen LogP contribution is 2.41. The van der Waals surface area contributed by atoms with Crippen LogP contribution >= 0.6 is 0 Å². The van der Waals surface area contributed by atoms with E-state index in [0.29, 0.717) is 37.1 Å². The van der Waals surface area contributed by atoms with E-state index in [1.807, 2.05) is 30.3 Å². The first-order chi connectivity index (χ1) is 18.7. The van der Waals surface area contributed by atoms with Crippen LogP contribution in [0.4, 0.5) is 26.3 Å². The molecule has 2 fully saturated rings. The van der Waals surface area contributed by atoms with Gasteiger partial charge in [0.05, 0.1) is 22.6 Å². The van der Waals surface area contributed by atoms with Crippen LogP contribution in [-0.4, -0.2) is 54.0 Å². The highest BCUT2D eigenvalue weighted by atomic mass is 19.4. The fourth-order valence-electron chi connectivity index (χ4n) is 6.05. The van der Waals surface area contributed by atoms with E-state index in [-0.39, 0.29) is 11.6 Å². The van der Waals surface area contributed by atoms with Gasteiger partial charge in [-0.15, -0.1) is 0 Å². The van der Waals surface area contributed by atoms with Crippen LogP contribution in [0.25, 0.3) is 0 Å². The molecule has 0 aromatic heterocycles. The van der Waals surface area contributed by atoms with E-state index in [2.05, 4.69) is 29.0 Å². The maximum absolute atomic E-state index is 13.5. The molecule has 1 aliphatic heterocycles. The van der Waals surface area contributed by atoms with Crippen molar-refractivity contribution in [3.8, 4) is 0 Å². The maximum atomic E-state index is 13.5. The number of carbonyl (C=O) groups is 1. The Labute approximate surface area is 231 Å². The highest BCUT2D eigenvalue weighted by Gasteiger charge is 2.42. The van der Waals surface area contributed by atoms with Crippen LogP contribution in [0.3, 0.4) is 0 Å². The molecule has 4 rings (SSSR count). The Morgan fingerprint density at radius 3 is 1.85 bits per heavy atom. The third-order valence-electron chi connectivity index (χ3n) is 8.60. The Bertz CT molecular complexity index is 1120. The lowest BCUT2D eigenvalue weighted by Gasteiger charge is -2.47. The summed E-state index contributed by atoms with van der Waals surface area (Å²) in [6.07, 6.45) is -7.05. The zero-order valence-corrected chi connectivity index (χ0v) is 23.1. The predicted octanol–water partition coefficient (Wildman–Crippen LogP) is 6.81. The van der Waals surface area contributed by atoms with Crippen LogP contribution in [0.15, 0.2) is 48.5 Å². The molecule has 1 saturated carbocycles. The molecule has 220 valence electrons. The molecule has 1 saturated heterocycles. The summed E-state index contributed by atoms with van der Waals surface area (Å²) in [6, 6.07) is 11.7. The first kappa shape index (κ1) is 30.4.